The van der Waals surface area contributed by atoms with Crippen molar-refractivity contribution in [3.63, 3.8) is 0 Å². The average molecular weight is 446 g/mol. The van der Waals surface area contributed by atoms with Crippen LogP contribution in [0.15, 0.2) is 13.6 Å². The number of carbonyl (C=O) groups is 1. The first-order chi connectivity index (χ1) is 8.06. The van der Waals surface area contributed by atoms with Crippen LogP contribution < -0.4 is 5.32 Å². The van der Waals surface area contributed by atoms with Crippen LogP contribution in [0.5, 0.6) is 0 Å². The summed E-state index contributed by atoms with van der Waals surface area (Å²) in [5.74, 6) is 0.626. The fourth-order valence-electron chi connectivity index (χ4n) is 2.03. The Hall–Kier alpha value is 0.610. The normalized spacial score (nSPS) is 23.9. The topological polar surface area (TPSA) is 29.1 Å². The Morgan fingerprint density at radius 2 is 2.24 bits per heavy atom. The second-order valence-electron chi connectivity index (χ2n) is 4.22. The summed E-state index contributed by atoms with van der Waals surface area (Å²) < 4.78 is 1.85. The molecule has 94 valence electrons. The number of carbonyl (C=O) groups excluding carboxylic acids is 1. The monoisotopic (exact) mass is 443 g/mol. The zero-order valence-electron chi connectivity index (χ0n) is 9.01. The van der Waals surface area contributed by atoms with Crippen LogP contribution >= 0.6 is 59.1 Å². The van der Waals surface area contributed by atoms with Gasteiger partial charge in [0.2, 0.25) is 0 Å². The van der Waals surface area contributed by atoms with E-state index in [2.05, 4.69) is 53.1 Å². The minimum Gasteiger partial charge on any atom is -0.352 e. The maximum Gasteiger partial charge on any atom is 0.253 e. The molecule has 1 heterocycles. The smallest absolute Gasteiger partial charge is 0.253 e. The van der Waals surface area contributed by atoms with E-state index in [1.165, 1.54) is 24.2 Å². The Bertz CT molecular complexity index is 421. The van der Waals surface area contributed by atoms with Crippen LogP contribution in [0.3, 0.4) is 0 Å². The van der Waals surface area contributed by atoms with Gasteiger partial charge < -0.3 is 5.32 Å². The van der Waals surface area contributed by atoms with Gasteiger partial charge in [0.05, 0.1) is 13.1 Å². The van der Waals surface area contributed by atoms with Gasteiger partial charge in [-0.15, -0.1) is 11.3 Å². The molecule has 0 aromatic carbocycles. The van der Waals surface area contributed by atoms with Gasteiger partial charge in [-0.25, -0.2) is 0 Å². The second kappa shape index (κ2) is 6.17. The molecule has 1 aliphatic carbocycles. The molecule has 2 rings (SSSR count). The van der Waals surface area contributed by atoms with E-state index >= 15 is 0 Å². The van der Waals surface area contributed by atoms with Gasteiger partial charge in [-0.2, -0.15) is 0 Å². The number of rotatable bonds is 3. The summed E-state index contributed by atoms with van der Waals surface area (Å²) in [4.78, 5) is 12.6. The molecule has 2 atom stereocenters. The van der Waals surface area contributed by atoms with E-state index in [1.807, 2.05) is 6.07 Å². The third-order valence-electron chi connectivity index (χ3n) is 2.93. The van der Waals surface area contributed by atoms with Gasteiger partial charge in [0, 0.05) is 11.4 Å². The lowest BCUT2D eigenvalue weighted by molar-refractivity contribution is 0.0947. The maximum atomic E-state index is 12.0. The van der Waals surface area contributed by atoms with Crippen molar-refractivity contribution in [3.8, 4) is 0 Å². The van der Waals surface area contributed by atoms with Gasteiger partial charge in [0.25, 0.3) is 5.91 Å². The molecule has 17 heavy (non-hydrogen) atoms. The summed E-state index contributed by atoms with van der Waals surface area (Å²) in [5, 5.41) is 3.01. The molecular weight excluding hydrogens is 434 g/mol. The predicted octanol–water partition coefficient (Wildman–Crippen LogP) is 4.57. The molecule has 2 unspecified atom stereocenters. The standard InChI is InChI=1S/C11H12Br3NOS/c12-7-2-1-6(3-7)5-15-11(16)8-4-9(13)17-10(8)14/h4,6-7H,1-3,5H2,(H,15,16). The molecule has 1 aromatic rings. The van der Waals surface area contributed by atoms with Crippen molar-refractivity contribution < 1.29 is 4.79 Å². The van der Waals surface area contributed by atoms with Crippen molar-refractivity contribution in [3.05, 3.63) is 19.2 Å². The highest BCUT2D eigenvalue weighted by Crippen LogP contribution is 2.32. The molecule has 0 spiro atoms. The van der Waals surface area contributed by atoms with Crippen molar-refractivity contribution in [2.45, 2.75) is 24.1 Å². The lowest BCUT2D eigenvalue weighted by Crippen LogP contribution is -2.28. The lowest BCUT2D eigenvalue weighted by atomic mass is 10.1. The number of thiophene rings is 1. The van der Waals surface area contributed by atoms with Gasteiger partial charge in [0.15, 0.2) is 0 Å². The quantitative estimate of drug-likeness (QED) is 0.678. The second-order valence-corrected chi connectivity index (χ2v) is 9.27. The van der Waals surface area contributed by atoms with Gasteiger partial charge in [0.1, 0.15) is 0 Å². The molecule has 0 bridgehead atoms. The third-order valence-corrected chi connectivity index (χ3v) is 6.10. The molecule has 6 heteroatoms. The van der Waals surface area contributed by atoms with Crippen molar-refractivity contribution in [2.24, 2.45) is 5.92 Å². The van der Waals surface area contributed by atoms with E-state index in [4.69, 9.17) is 0 Å². The van der Waals surface area contributed by atoms with Crippen LogP contribution in [0.2, 0.25) is 0 Å². The summed E-state index contributed by atoms with van der Waals surface area (Å²) in [6.07, 6.45) is 3.58. The van der Waals surface area contributed by atoms with Gasteiger partial charge in [-0.05, 0) is 63.1 Å². The van der Waals surface area contributed by atoms with Crippen LogP contribution in [-0.2, 0) is 0 Å². The van der Waals surface area contributed by atoms with Crippen LogP contribution in [0, 0.1) is 5.92 Å². The van der Waals surface area contributed by atoms with Crippen LogP contribution in [-0.4, -0.2) is 17.3 Å². The molecule has 1 N–H and O–H groups in total. The first-order valence-corrected chi connectivity index (χ1v) is 8.75. The summed E-state index contributed by atoms with van der Waals surface area (Å²) in [6.45, 7) is 0.779. The minimum atomic E-state index is 0.0110. The zero-order valence-corrected chi connectivity index (χ0v) is 14.6. The highest BCUT2D eigenvalue weighted by Gasteiger charge is 2.23. The molecular formula is C11H12Br3NOS. The Morgan fingerprint density at radius 3 is 2.76 bits per heavy atom. The summed E-state index contributed by atoms with van der Waals surface area (Å²) in [7, 11) is 0. The van der Waals surface area contributed by atoms with Gasteiger partial charge >= 0.3 is 0 Å². The molecule has 1 aromatic heterocycles. The first-order valence-electron chi connectivity index (χ1n) is 5.43. The average Bonchev–Trinajstić information content (AvgIpc) is 2.81. The molecule has 0 saturated heterocycles. The van der Waals surface area contributed by atoms with E-state index in [0.717, 1.165) is 26.1 Å². The molecule has 2 nitrogen and oxygen atoms in total. The van der Waals surface area contributed by atoms with E-state index in [0.29, 0.717) is 10.7 Å². The Labute approximate surface area is 130 Å². The van der Waals surface area contributed by atoms with Crippen LogP contribution in [0.25, 0.3) is 0 Å². The van der Waals surface area contributed by atoms with Crippen molar-refractivity contribution in [1.82, 2.24) is 5.32 Å². The fraction of sp³-hybridized carbons (Fsp3) is 0.545. The van der Waals surface area contributed by atoms with E-state index < -0.39 is 0 Å². The van der Waals surface area contributed by atoms with Gasteiger partial charge in [-0.1, -0.05) is 15.9 Å². The maximum absolute atomic E-state index is 12.0. The number of hydrogen-bond donors (Lipinski definition) is 1. The molecule has 1 amide bonds. The Kier molecular flexibility index (Phi) is 5.09. The molecule has 0 radical (unpaired) electrons. The number of nitrogens with one attached hydrogen (secondary N) is 1. The summed E-state index contributed by atoms with van der Waals surface area (Å²) >= 11 is 11.9. The third kappa shape index (κ3) is 3.78. The number of hydrogen-bond acceptors (Lipinski definition) is 2. The van der Waals surface area contributed by atoms with E-state index in [-0.39, 0.29) is 5.91 Å². The Morgan fingerprint density at radius 1 is 1.47 bits per heavy atom. The van der Waals surface area contributed by atoms with Crippen molar-refractivity contribution in [1.29, 1.82) is 0 Å². The molecule has 1 fully saturated rings. The highest BCUT2D eigenvalue weighted by atomic mass is 79.9. The fourth-order valence-corrected chi connectivity index (χ4v) is 5.61. The largest absolute Gasteiger partial charge is 0.352 e. The zero-order chi connectivity index (χ0) is 12.4. The van der Waals surface area contributed by atoms with Gasteiger partial charge in [-0.3, -0.25) is 4.79 Å². The van der Waals surface area contributed by atoms with Crippen LogP contribution in [0.4, 0.5) is 0 Å². The lowest BCUT2D eigenvalue weighted by Gasteiger charge is -2.10. The summed E-state index contributed by atoms with van der Waals surface area (Å²) in [5.41, 5.74) is 0.718. The van der Waals surface area contributed by atoms with Crippen molar-refractivity contribution in [2.75, 3.05) is 6.54 Å². The van der Waals surface area contributed by atoms with E-state index in [1.54, 1.807) is 0 Å². The summed E-state index contributed by atoms with van der Waals surface area (Å²) in [6, 6.07) is 1.85. The number of alkyl halides is 1. The molecule has 1 saturated carbocycles. The number of halogens is 3. The van der Waals surface area contributed by atoms with E-state index in [9.17, 15) is 4.79 Å². The SMILES string of the molecule is O=C(NCC1CCC(Br)C1)c1cc(Br)sc1Br. The highest BCUT2D eigenvalue weighted by molar-refractivity contribution is 9.12. The first kappa shape index (κ1) is 14.0. The minimum absolute atomic E-state index is 0.0110. The van der Waals surface area contributed by atoms with Crippen LogP contribution in [0.1, 0.15) is 29.6 Å². The number of amides is 1. The molecule has 0 aliphatic heterocycles. The molecule has 1 aliphatic rings. The van der Waals surface area contributed by atoms with Crippen molar-refractivity contribution >= 4 is 65.0 Å². The predicted molar refractivity (Wildman–Crippen MR) is 82.1 cm³/mol. The Balaban J connectivity index is 1.87.